The maximum Gasteiger partial charge on any atom is 0.287 e. The molecule has 0 unspecified atom stereocenters. The molecule has 1 amide bonds. The smallest absolute Gasteiger partial charge is 0.287 e. The third kappa shape index (κ3) is 7.81. The average Bonchev–Trinajstić information content (AvgIpc) is 2.45. The molecule has 2 rings (SSSR count). The van der Waals surface area contributed by atoms with Gasteiger partial charge in [0, 0.05) is 10.0 Å². The van der Waals surface area contributed by atoms with Crippen molar-refractivity contribution in [2.45, 2.75) is 0 Å². The fourth-order valence-electron chi connectivity index (χ4n) is 1.46. The number of amides is 1. The van der Waals surface area contributed by atoms with Crippen molar-refractivity contribution in [1.29, 1.82) is 0 Å². The summed E-state index contributed by atoms with van der Waals surface area (Å²) in [4.78, 5) is 10.6. The van der Waals surface area contributed by atoms with Crippen molar-refractivity contribution in [3.8, 4) is 0 Å². The van der Waals surface area contributed by atoms with Gasteiger partial charge in [0.05, 0.1) is 16.0 Å². The summed E-state index contributed by atoms with van der Waals surface area (Å²) in [5, 5.41) is 1.99. The zero-order valence-corrected chi connectivity index (χ0v) is 15.1. The monoisotopic (exact) mass is 407 g/mol. The molecule has 0 spiro atoms. The van der Waals surface area contributed by atoms with Gasteiger partial charge < -0.3 is 5.73 Å². The Morgan fingerprint density at radius 2 is 1.67 bits per heavy atom. The molecule has 0 heterocycles. The van der Waals surface area contributed by atoms with Crippen molar-refractivity contribution >= 4 is 56.9 Å². The summed E-state index contributed by atoms with van der Waals surface area (Å²) in [6, 6.07) is 11.2. The molecule has 0 radical (unpaired) electrons. The third-order valence-corrected chi connectivity index (χ3v) is 3.74. The number of primary amides is 1. The van der Waals surface area contributed by atoms with Crippen LogP contribution in [0.1, 0.15) is 15.9 Å². The van der Waals surface area contributed by atoms with E-state index in [9.17, 15) is 13.2 Å². The number of rotatable bonds is 3. The van der Waals surface area contributed by atoms with E-state index in [0.29, 0.717) is 21.0 Å². The second kappa shape index (κ2) is 9.05. The minimum absolute atomic E-state index is 0.282. The van der Waals surface area contributed by atoms with Crippen LogP contribution in [0.2, 0.25) is 15.1 Å². The summed E-state index contributed by atoms with van der Waals surface area (Å²) >= 11 is 16.9. The summed E-state index contributed by atoms with van der Waals surface area (Å²) in [5.41, 5.74) is 5.90. The first-order chi connectivity index (χ1) is 11.1. The van der Waals surface area contributed by atoms with Crippen molar-refractivity contribution < 1.29 is 17.8 Å². The molecule has 5 nitrogen and oxygen atoms in total. The Labute approximate surface area is 154 Å². The maximum atomic E-state index is 10.6. The van der Waals surface area contributed by atoms with E-state index in [1.165, 1.54) is 18.2 Å². The van der Waals surface area contributed by atoms with E-state index in [1.54, 1.807) is 30.3 Å². The molecule has 0 saturated carbocycles. The molecule has 0 atom stereocenters. The van der Waals surface area contributed by atoms with Crippen molar-refractivity contribution in [2.24, 2.45) is 5.73 Å². The molecule has 9 heteroatoms. The quantitative estimate of drug-likeness (QED) is 0.740. The van der Waals surface area contributed by atoms with Crippen molar-refractivity contribution in [2.75, 3.05) is 0 Å². The van der Waals surface area contributed by atoms with Gasteiger partial charge in [0.1, 0.15) is 0 Å². The molecule has 2 aromatic rings. The van der Waals surface area contributed by atoms with Gasteiger partial charge in [0.2, 0.25) is 5.91 Å². The summed E-state index contributed by atoms with van der Waals surface area (Å²) in [5.74, 6) is -0.549. The first kappa shape index (κ1) is 20.5. The van der Waals surface area contributed by atoms with Crippen molar-refractivity contribution in [3.63, 3.8) is 0 Å². The average molecular weight is 409 g/mol. The summed E-state index contributed by atoms with van der Waals surface area (Å²) in [7, 11) is -4.06. The molecular formula is C15H12Cl3NO4S. The highest BCUT2D eigenvalue weighted by Crippen LogP contribution is 2.20. The van der Waals surface area contributed by atoms with Gasteiger partial charge in [-0.05, 0) is 42.0 Å². The number of hydrogen-bond donors (Lipinski definition) is 2. The van der Waals surface area contributed by atoms with E-state index in [4.69, 9.17) is 45.1 Å². The Morgan fingerprint density at radius 1 is 1.04 bits per heavy atom. The second-order valence-corrected chi connectivity index (χ2v) is 6.94. The zero-order chi connectivity index (χ0) is 18.3. The number of hydrogen-bond acceptors (Lipinski definition) is 3. The second-order valence-electron chi connectivity index (χ2n) is 4.36. The first-order valence-corrected chi connectivity index (χ1v) is 8.88. The molecule has 0 aromatic heterocycles. The van der Waals surface area contributed by atoms with Crippen LogP contribution in [0, 0.1) is 0 Å². The highest BCUT2D eigenvalue weighted by molar-refractivity contribution is 7.88. The lowest BCUT2D eigenvalue weighted by molar-refractivity contribution is 0.100. The van der Waals surface area contributed by atoms with Crippen LogP contribution in [0.25, 0.3) is 6.08 Å². The van der Waals surface area contributed by atoms with Crippen molar-refractivity contribution in [1.82, 2.24) is 0 Å². The molecule has 128 valence electrons. The van der Waals surface area contributed by atoms with Crippen LogP contribution >= 0.6 is 34.8 Å². The van der Waals surface area contributed by atoms with Crippen LogP contribution < -0.4 is 5.73 Å². The summed E-state index contributed by atoms with van der Waals surface area (Å²) in [6.45, 7) is 0. The maximum absolute atomic E-state index is 10.6. The molecule has 0 saturated heterocycles. The molecule has 0 aliphatic heterocycles. The van der Waals surface area contributed by atoms with E-state index in [2.05, 4.69) is 0 Å². The minimum atomic E-state index is -4.06. The summed E-state index contributed by atoms with van der Waals surface area (Å²) < 4.78 is 29.1. The Bertz CT molecular complexity index is 867. The topological polar surface area (TPSA) is 97.5 Å². The van der Waals surface area contributed by atoms with Gasteiger partial charge in [-0.2, -0.15) is 8.42 Å². The Morgan fingerprint density at radius 3 is 2.17 bits per heavy atom. The van der Waals surface area contributed by atoms with Gasteiger partial charge in [-0.1, -0.05) is 46.9 Å². The molecule has 24 heavy (non-hydrogen) atoms. The van der Waals surface area contributed by atoms with Crippen LogP contribution in [0.3, 0.4) is 0 Å². The van der Waals surface area contributed by atoms with Crippen LogP contribution in [0.15, 0.2) is 47.9 Å². The van der Waals surface area contributed by atoms with Crippen LogP contribution in [-0.4, -0.2) is 18.9 Å². The lowest BCUT2D eigenvalue weighted by atomic mass is 10.2. The molecule has 0 aliphatic rings. The molecule has 0 aliphatic carbocycles. The fourth-order valence-corrected chi connectivity index (χ4v) is 2.49. The molecule has 0 bridgehead atoms. The zero-order valence-electron chi connectivity index (χ0n) is 12.0. The fraction of sp³-hybridized carbons (Fsp3) is 0. The Balaban J connectivity index is 0.000000243. The normalized spacial score (nSPS) is 11.0. The van der Waals surface area contributed by atoms with Crippen LogP contribution in [0.5, 0.6) is 0 Å². The molecule has 3 N–H and O–H groups in total. The van der Waals surface area contributed by atoms with Gasteiger partial charge in [-0.25, -0.2) is 0 Å². The Hall–Kier alpha value is -1.57. The minimum Gasteiger partial charge on any atom is -0.366 e. The number of benzene rings is 2. The number of carbonyl (C=O) groups is 1. The van der Waals surface area contributed by atoms with E-state index >= 15 is 0 Å². The predicted molar refractivity (Wildman–Crippen MR) is 97.0 cm³/mol. The predicted octanol–water partition coefficient (Wildman–Crippen LogP) is 4.29. The first-order valence-electron chi connectivity index (χ1n) is 6.24. The lowest BCUT2D eigenvalue weighted by Crippen LogP contribution is -2.11. The van der Waals surface area contributed by atoms with E-state index < -0.39 is 16.0 Å². The lowest BCUT2D eigenvalue weighted by Gasteiger charge is -1.97. The largest absolute Gasteiger partial charge is 0.366 e. The van der Waals surface area contributed by atoms with E-state index in [0.717, 1.165) is 0 Å². The highest BCUT2D eigenvalue weighted by Gasteiger charge is 2.05. The molecule has 2 aromatic carbocycles. The van der Waals surface area contributed by atoms with E-state index in [1.807, 2.05) is 0 Å². The van der Waals surface area contributed by atoms with Crippen molar-refractivity contribution in [3.05, 3.63) is 74.1 Å². The van der Waals surface area contributed by atoms with Gasteiger partial charge >= 0.3 is 0 Å². The number of carbonyl (C=O) groups excluding carboxylic acids is 1. The summed E-state index contributed by atoms with van der Waals surface area (Å²) in [6.07, 6.45) is 1.27. The third-order valence-electron chi connectivity index (χ3n) is 2.48. The van der Waals surface area contributed by atoms with Gasteiger partial charge in [-0.3, -0.25) is 9.35 Å². The number of halogens is 3. The molecule has 0 fully saturated rings. The van der Waals surface area contributed by atoms with E-state index in [-0.39, 0.29) is 10.6 Å². The number of nitrogens with two attached hydrogens (primary N) is 1. The highest BCUT2D eigenvalue weighted by atomic mass is 35.5. The van der Waals surface area contributed by atoms with Gasteiger partial charge in [-0.15, -0.1) is 0 Å². The van der Waals surface area contributed by atoms with Gasteiger partial charge in [0.25, 0.3) is 10.1 Å². The Kier molecular flexibility index (Phi) is 7.72. The van der Waals surface area contributed by atoms with Crippen LogP contribution in [0.4, 0.5) is 0 Å². The standard InChI is InChI=1S/C8H7ClO3S.C7H5Cl2NO/c9-8-3-1-2-7(6-8)4-5-13(10,11)12;8-4-1-2-5(7(10)11)6(9)3-4/h1-6H,(H,10,11,12);1-3H,(H2,10,11)/b5-4+;. The SMILES string of the molecule is NC(=O)c1ccc(Cl)cc1Cl.O=S(=O)(O)/C=C/c1cccc(Cl)c1. The van der Waals surface area contributed by atoms with Gasteiger partial charge in [0.15, 0.2) is 0 Å². The molecular weight excluding hydrogens is 397 g/mol. The van der Waals surface area contributed by atoms with Crippen LogP contribution in [-0.2, 0) is 10.1 Å².